The first-order chi connectivity index (χ1) is 9.34. The summed E-state index contributed by atoms with van der Waals surface area (Å²) in [6, 6.07) is 9.45. The highest BCUT2D eigenvalue weighted by molar-refractivity contribution is 5.94. The van der Waals surface area contributed by atoms with Gasteiger partial charge in [0.15, 0.2) is 0 Å². The highest BCUT2D eigenvalue weighted by Gasteiger charge is 2.20. The number of hydrogen-bond acceptors (Lipinski definition) is 0. The third-order valence-electron chi connectivity index (χ3n) is 4.36. The van der Waals surface area contributed by atoms with Crippen LogP contribution in [0.15, 0.2) is 48.1 Å². The predicted octanol–water partition coefficient (Wildman–Crippen LogP) is 5.03. The van der Waals surface area contributed by atoms with Gasteiger partial charge in [0.2, 0.25) is 0 Å². The zero-order valence-corrected chi connectivity index (χ0v) is 10.7. The van der Waals surface area contributed by atoms with Crippen LogP contribution in [0.1, 0.15) is 30.4 Å². The summed E-state index contributed by atoms with van der Waals surface area (Å²) in [4.78, 5) is 0. The van der Waals surface area contributed by atoms with Crippen LogP contribution in [0.25, 0.3) is 16.3 Å². The molecular weight excluding hydrogens is 235 g/mol. The van der Waals surface area contributed by atoms with E-state index in [-0.39, 0.29) is 5.82 Å². The van der Waals surface area contributed by atoms with Gasteiger partial charge in [-0.2, -0.15) is 0 Å². The Hall–Kier alpha value is -1.89. The molecule has 0 amide bonds. The van der Waals surface area contributed by atoms with E-state index in [0.29, 0.717) is 0 Å². The molecule has 0 aromatic heterocycles. The number of rotatable bonds is 0. The first-order valence-electron chi connectivity index (χ1n) is 6.93. The normalized spacial score (nSPS) is 17.5. The lowest BCUT2D eigenvalue weighted by molar-refractivity contribution is 0.639. The Morgan fingerprint density at radius 2 is 1.84 bits per heavy atom. The molecule has 0 N–H and O–H groups in total. The second-order valence-electron chi connectivity index (χ2n) is 5.38. The van der Waals surface area contributed by atoms with Crippen LogP contribution in [-0.4, -0.2) is 0 Å². The van der Waals surface area contributed by atoms with Gasteiger partial charge in [-0.05, 0) is 53.8 Å². The van der Waals surface area contributed by atoms with Crippen molar-refractivity contribution < 1.29 is 4.39 Å². The highest BCUT2D eigenvalue weighted by atomic mass is 19.1. The molecule has 0 saturated heterocycles. The van der Waals surface area contributed by atoms with Crippen LogP contribution in [0, 0.1) is 5.82 Å². The molecule has 0 atom stereocenters. The third kappa shape index (κ3) is 1.58. The van der Waals surface area contributed by atoms with Gasteiger partial charge in [0.25, 0.3) is 0 Å². The molecule has 0 unspecified atom stereocenters. The van der Waals surface area contributed by atoms with E-state index in [1.807, 2.05) is 12.1 Å². The molecule has 2 aliphatic rings. The molecular formula is C18H15F. The van der Waals surface area contributed by atoms with Crippen molar-refractivity contribution in [1.82, 2.24) is 0 Å². The topological polar surface area (TPSA) is 0 Å². The summed E-state index contributed by atoms with van der Waals surface area (Å²) >= 11 is 0. The van der Waals surface area contributed by atoms with Gasteiger partial charge in [-0.1, -0.05) is 42.0 Å². The molecule has 0 fully saturated rings. The Labute approximate surface area is 112 Å². The maximum Gasteiger partial charge on any atom is 0.131 e. The number of fused-ring (bicyclic) bond motifs is 4. The molecule has 0 nitrogen and oxygen atoms in total. The average molecular weight is 250 g/mol. The molecule has 2 aliphatic carbocycles. The van der Waals surface area contributed by atoms with Crippen molar-refractivity contribution in [2.75, 3.05) is 0 Å². The standard InChI is InChI=1S/C18H15F/c19-18-7-3-6-14-16-9-8-12-4-1-2-5-13(12)15(16)10-11-17(14)18/h2-3,5-7,10-11H,1,4,8-9H2. The first-order valence-corrected chi connectivity index (χ1v) is 6.93. The fraction of sp³-hybridized carbons (Fsp3) is 0.222. The minimum Gasteiger partial charge on any atom is -0.206 e. The van der Waals surface area contributed by atoms with Crippen LogP contribution in [0.4, 0.5) is 4.39 Å². The molecule has 0 heterocycles. The summed E-state index contributed by atoms with van der Waals surface area (Å²) in [6.45, 7) is 0. The highest BCUT2D eigenvalue weighted by Crippen LogP contribution is 2.40. The second-order valence-corrected chi connectivity index (χ2v) is 5.38. The van der Waals surface area contributed by atoms with Crippen LogP contribution >= 0.6 is 0 Å². The molecule has 0 aliphatic heterocycles. The Bertz CT molecular complexity index is 735. The molecule has 94 valence electrons. The molecule has 0 saturated carbocycles. The summed E-state index contributed by atoms with van der Waals surface area (Å²) in [7, 11) is 0. The van der Waals surface area contributed by atoms with Gasteiger partial charge in [0.1, 0.15) is 5.82 Å². The van der Waals surface area contributed by atoms with E-state index < -0.39 is 0 Å². The number of aryl methyl sites for hydroxylation is 1. The van der Waals surface area contributed by atoms with Crippen molar-refractivity contribution in [3.05, 3.63) is 65.0 Å². The van der Waals surface area contributed by atoms with Gasteiger partial charge in [0.05, 0.1) is 0 Å². The molecule has 2 aromatic rings. The van der Waals surface area contributed by atoms with E-state index in [1.54, 1.807) is 11.6 Å². The largest absolute Gasteiger partial charge is 0.206 e. The molecule has 0 radical (unpaired) electrons. The van der Waals surface area contributed by atoms with Crippen molar-refractivity contribution in [2.45, 2.75) is 25.7 Å². The predicted molar refractivity (Wildman–Crippen MR) is 77.5 cm³/mol. The molecule has 19 heavy (non-hydrogen) atoms. The summed E-state index contributed by atoms with van der Waals surface area (Å²) in [6.07, 6.45) is 9.03. The Balaban J connectivity index is 2.04. The van der Waals surface area contributed by atoms with Crippen molar-refractivity contribution in [1.29, 1.82) is 0 Å². The minimum atomic E-state index is -0.112. The summed E-state index contributed by atoms with van der Waals surface area (Å²) in [5.41, 5.74) is 5.60. The molecule has 1 heteroatoms. The number of allylic oxidation sites excluding steroid dienone is 4. The SMILES string of the molecule is Fc1cccc2c3c(ccc12)C1=C(CCC=C1)CC3. The van der Waals surface area contributed by atoms with Gasteiger partial charge in [-0.15, -0.1) is 0 Å². The average Bonchev–Trinajstić information content (AvgIpc) is 2.47. The van der Waals surface area contributed by atoms with Crippen molar-refractivity contribution in [3.63, 3.8) is 0 Å². The maximum absolute atomic E-state index is 13.9. The fourth-order valence-electron chi connectivity index (χ4n) is 3.43. The van der Waals surface area contributed by atoms with Gasteiger partial charge in [0, 0.05) is 5.39 Å². The second kappa shape index (κ2) is 4.06. The number of hydrogen-bond donors (Lipinski definition) is 0. The van der Waals surface area contributed by atoms with Crippen LogP contribution in [0.2, 0.25) is 0 Å². The van der Waals surface area contributed by atoms with E-state index in [0.717, 1.165) is 30.0 Å². The quantitative estimate of drug-likeness (QED) is 0.615. The smallest absolute Gasteiger partial charge is 0.131 e. The van der Waals surface area contributed by atoms with E-state index in [1.165, 1.54) is 23.1 Å². The third-order valence-corrected chi connectivity index (χ3v) is 4.36. The summed E-state index contributed by atoms with van der Waals surface area (Å²) in [5, 5.41) is 1.84. The summed E-state index contributed by atoms with van der Waals surface area (Å²) in [5.74, 6) is -0.112. The molecule has 0 bridgehead atoms. The first kappa shape index (κ1) is 11.0. The Morgan fingerprint density at radius 1 is 0.895 bits per heavy atom. The molecule has 2 aromatic carbocycles. The van der Waals surface area contributed by atoms with E-state index in [9.17, 15) is 4.39 Å². The van der Waals surface area contributed by atoms with E-state index in [4.69, 9.17) is 0 Å². The molecule has 0 spiro atoms. The maximum atomic E-state index is 13.9. The number of benzene rings is 2. The van der Waals surface area contributed by atoms with Crippen molar-refractivity contribution in [3.8, 4) is 0 Å². The summed E-state index contributed by atoms with van der Waals surface area (Å²) < 4.78 is 13.9. The lowest BCUT2D eigenvalue weighted by Gasteiger charge is -2.25. The molecule has 4 rings (SSSR count). The van der Waals surface area contributed by atoms with Crippen LogP contribution in [-0.2, 0) is 6.42 Å². The van der Waals surface area contributed by atoms with E-state index in [2.05, 4.69) is 24.3 Å². The van der Waals surface area contributed by atoms with E-state index >= 15 is 0 Å². The zero-order chi connectivity index (χ0) is 12.8. The lowest BCUT2D eigenvalue weighted by Crippen LogP contribution is -2.07. The lowest BCUT2D eigenvalue weighted by atomic mass is 9.79. The monoisotopic (exact) mass is 250 g/mol. The van der Waals surface area contributed by atoms with Gasteiger partial charge < -0.3 is 0 Å². The van der Waals surface area contributed by atoms with Crippen LogP contribution < -0.4 is 0 Å². The van der Waals surface area contributed by atoms with Crippen molar-refractivity contribution >= 4 is 16.3 Å². The van der Waals surface area contributed by atoms with Crippen LogP contribution in [0.5, 0.6) is 0 Å². The van der Waals surface area contributed by atoms with Crippen LogP contribution in [0.3, 0.4) is 0 Å². The van der Waals surface area contributed by atoms with Crippen molar-refractivity contribution in [2.24, 2.45) is 0 Å². The fourth-order valence-corrected chi connectivity index (χ4v) is 3.43. The minimum absolute atomic E-state index is 0.112. The Morgan fingerprint density at radius 3 is 2.79 bits per heavy atom. The Kier molecular flexibility index (Phi) is 2.34. The van der Waals surface area contributed by atoms with Gasteiger partial charge in [-0.25, -0.2) is 4.39 Å². The zero-order valence-electron chi connectivity index (χ0n) is 10.7. The van der Waals surface area contributed by atoms with Gasteiger partial charge >= 0.3 is 0 Å². The van der Waals surface area contributed by atoms with Gasteiger partial charge in [-0.3, -0.25) is 0 Å². The number of halogens is 1.